The molecule has 1 aliphatic carbocycles. The largest absolute Gasteiger partial charge is 0.493 e. The number of hydrogen-bond acceptors (Lipinski definition) is 8. The van der Waals surface area contributed by atoms with Gasteiger partial charge in [-0.15, -0.1) is 0 Å². The van der Waals surface area contributed by atoms with Gasteiger partial charge in [-0.25, -0.2) is 9.80 Å². The van der Waals surface area contributed by atoms with E-state index in [4.69, 9.17) is 14.2 Å². The molecule has 1 aliphatic heterocycles. The second kappa shape index (κ2) is 14.2. The van der Waals surface area contributed by atoms with Crippen molar-refractivity contribution >= 4 is 34.5 Å². The fourth-order valence-corrected chi connectivity index (χ4v) is 5.36. The zero-order valence-electron chi connectivity index (χ0n) is 23.0. The first kappa shape index (κ1) is 28.8. The SMILES string of the molecule is CCN(CC)CCOC(=O)Nc1ccc(CN2N=C(c3ccc(OC)c(OC4CCCC4)c3)CSC2=O)cc1. The highest BCUT2D eigenvalue weighted by Crippen LogP contribution is 2.33. The molecule has 1 saturated carbocycles. The lowest BCUT2D eigenvalue weighted by Crippen LogP contribution is -2.29. The van der Waals surface area contributed by atoms with E-state index in [2.05, 4.69) is 29.2 Å². The number of benzene rings is 2. The monoisotopic (exact) mass is 554 g/mol. The number of likely N-dealkylation sites (N-methyl/N-ethyl adjacent to an activating group) is 1. The highest BCUT2D eigenvalue weighted by atomic mass is 32.2. The molecule has 10 heteroatoms. The summed E-state index contributed by atoms with van der Waals surface area (Å²) in [5.74, 6) is 1.90. The molecule has 2 aliphatic rings. The van der Waals surface area contributed by atoms with Crippen LogP contribution in [0.15, 0.2) is 47.6 Å². The van der Waals surface area contributed by atoms with Crippen molar-refractivity contribution in [3.05, 3.63) is 53.6 Å². The molecule has 1 N–H and O–H groups in total. The first-order valence-electron chi connectivity index (χ1n) is 13.6. The van der Waals surface area contributed by atoms with Crippen LogP contribution in [0.25, 0.3) is 0 Å². The molecule has 210 valence electrons. The first-order chi connectivity index (χ1) is 19.0. The number of carbonyl (C=O) groups excluding carboxylic acids is 2. The fourth-order valence-electron chi connectivity index (χ4n) is 4.62. The standard InChI is InChI=1S/C29H38N4O5S/c1-4-32(5-2)16-17-37-28(34)30-23-13-10-21(11-14-23)19-33-29(35)39-20-25(31-33)22-12-15-26(36-3)27(18-22)38-24-8-6-7-9-24/h10-15,18,24H,4-9,16-17,19-20H2,1-3H3,(H,30,34). The van der Waals surface area contributed by atoms with E-state index < -0.39 is 6.09 Å². The van der Waals surface area contributed by atoms with E-state index in [-0.39, 0.29) is 11.3 Å². The topological polar surface area (TPSA) is 92.7 Å². The number of carbonyl (C=O) groups is 2. The molecule has 0 radical (unpaired) electrons. The molecule has 1 heterocycles. The summed E-state index contributed by atoms with van der Waals surface area (Å²) < 4.78 is 17.0. The van der Waals surface area contributed by atoms with Crippen LogP contribution in [0.4, 0.5) is 15.3 Å². The van der Waals surface area contributed by atoms with Gasteiger partial charge in [0.25, 0.3) is 0 Å². The van der Waals surface area contributed by atoms with Gasteiger partial charge in [0.15, 0.2) is 11.5 Å². The average molecular weight is 555 g/mol. The lowest BCUT2D eigenvalue weighted by molar-refractivity contribution is 0.142. The van der Waals surface area contributed by atoms with E-state index in [1.165, 1.54) is 29.6 Å². The molecule has 9 nitrogen and oxygen atoms in total. The molecule has 1 fully saturated rings. The van der Waals surface area contributed by atoms with Gasteiger partial charge in [0.1, 0.15) is 6.61 Å². The van der Waals surface area contributed by atoms with E-state index >= 15 is 0 Å². The van der Waals surface area contributed by atoms with E-state index in [1.807, 2.05) is 30.3 Å². The van der Waals surface area contributed by atoms with E-state index in [0.717, 1.165) is 42.8 Å². The lowest BCUT2D eigenvalue weighted by atomic mass is 10.1. The van der Waals surface area contributed by atoms with Gasteiger partial charge in [0.2, 0.25) is 0 Å². The Hall–Kier alpha value is -3.24. The minimum absolute atomic E-state index is 0.103. The van der Waals surface area contributed by atoms with Crippen LogP contribution in [0.3, 0.4) is 0 Å². The van der Waals surface area contributed by atoms with E-state index in [9.17, 15) is 9.59 Å². The lowest BCUT2D eigenvalue weighted by Gasteiger charge is -2.24. The third kappa shape index (κ3) is 8.12. The molecule has 0 bridgehead atoms. The van der Waals surface area contributed by atoms with Crippen LogP contribution in [0, 0.1) is 0 Å². The molecule has 0 atom stereocenters. The van der Waals surface area contributed by atoms with E-state index in [1.54, 1.807) is 19.2 Å². The zero-order chi connectivity index (χ0) is 27.6. The molecule has 0 spiro atoms. The van der Waals surface area contributed by atoms with Gasteiger partial charge >= 0.3 is 11.3 Å². The van der Waals surface area contributed by atoms with E-state index in [0.29, 0.717) is 42.6 Å². The van der Waals surface area contributed by atoms with Crippen molar-refractivity contribution in [3.8, 4) is 11.5 Å². The van der Waals surface area contributed by atoms with Gasteiger partial charge in [0, 0.05) is 23.5 Å². The maximum Gasteiger partial charge on any atom is 0.411 e. The fraction of sp³-hybridized carbons (Fsp3) is 0.483. The number of amides is 2. The van der Waals surface area contributed by atoms with Gasteiger partial charge < -0.3 is 19.1 Å². The highest BCUT2D eigenvalue weighted by Gasteiger charge is 2.24. The minimum atomic E-state index is -0.484. The number of methoxy groups -OCH3 is 1. The second-order valence-corrected chi connectivity index (χ2v) is 10.5. The Kier molecular flexibility index (Phi) is 10.5. The molecule has 39 heavy (non-hydrogen) atoms. The number of thioether (sulfide) groups is 1. The number of ether oxygens (including phenoxy) is 3. The van der Waals surface area contributed by atoms with Gasteiger partial charge in [-0.1, -0.05) is 37.7 Å². The molecule has 0 unspecified atom stereocenters. The summed E-state index contributed by atoms with van der Waals surface area (Å²) >= 11 is 1.23. The van der Waals surface area contributed by atoms with Crippen molar-refractivity contribution in [1.29, 1.82) is 0 Å². The zero-order valence-corrected chi connectivity index (χ0v) is 23.8. The van der Waals surface area contributed by atoms with Gasteiger partial charge in [-0.3, -0.25) is 10.1 Å². The first-order valence-corrected chi connectivity index (χ1v) is 14.6. The molecule has 0 saturated heterocycles. The van der Waals surface area contributed by atoms with Crippen molar-refractivity contribution in [2.24, 2.45) is 5.10 Å². The Labute approximate surface area is 234 Å². The minimum Gasteiger partial charge on any atom is -0.493 e. The Morgan fingerprint density at radius 3 is 2.54 bits per heavy atom. The van der Waals surface area contributed by atoms with Crippen LogP contribution in [-0.2, 0) is 11.3 Å². The maximum atomic E-state index is 12.6. The molecular weight excluding hydrogens is 516 g/mol. The van der Waals surface area contributed by atoms with Crippen molar-refractivity contribution in [3.63, 3.8) is 0 Å². The number of hydrazone groups is 1. The summed E-state index contributed by atoms with van der Waals surface area (Å²) in [6, 6.07) is 13.1. The number of hydrogen-bond donors (Lipinski definition) is 1. The third-order valence-corrected chi connectivity index (χ3v) is 7.82. The van der Waals surface area contributed by atoms with Crippen molar-refractivity contribution < 1.29 is 23.8 Å². The van der Waals surface area contributed by atoms with Crippen molar-refractivity contribution in [2.75, 3.05) is 44.4 Å². The molecule has 2 aromatic carbocycles. The molecule has 0 aromatic heterocycles. The predicted molar refractivity (Wildman–Crippen MR) is 155 cm³/mol. The quantitative estimate of drug-likeness (QED) is 0.345. The Morgan fingerprint density at radius 2 is 1.85 bits per heavy atom. The molecular formula is C29H38N4O5S. The number of nitrogens with zero attached hydrogens (tertiary/aromatic N) is 3. The van der Waals surface area contributed by atoms with Gasteiger partial charge in [-0.2, -0.15) is 5.10 Å². The number of rotatable bonds is 12. The Bertz CT molecular complexity index is 1150. The third-order valence-electron chi connectivity index (χ3n) is 6.94. The average Bonchev–Trinajstić information content (AvgIpc) is 3.46. The summed E-state index contributed by atoms with van der Waals surface area (Å²) in [5.41, 5.74) is 3.25. The summed E-state index contributed by atoms with van der Waals surface area (Å²) in [5, 5.41) is 8.80. The van der Waals surface area contributed by atoms with Gasteiger partial charge in [-0.05, 0) is 74.7 Å². The van der Waals surface area contributed by atoms with Crippen LogP contribution >= 0.6 is 11.8 Å². The Morgan fingerprint density at radius 1 is 1.10 bits per heavy atom. The number of anilines is 1. The highest BCUT2D eigenvalue weighted by molar-refractivity contribution is 8.14. The summed E-state index contributed by atoms with van der Waals surface area (Å²) in [4.78, 5) is 26.9. The second-order valence-electron chi connectivity index (χ2n) is 9.53. The van der Waals surface area contributed by atoms with Crippen molar-refractivity contribution in [1.82, 2.24) is 9.91 Å². The maximum absolute atomic E-state index is 12.6. The summed E-state index contributed by atoms with van der Waals surface area (Å²) in [6.07, 6.45) is 4.21. The van der Waals surface area contributed by atoms with Gasteiger partial charge in [0.05, 0.1) is 25.5 Å². The smallest absolute Gasteiger partial charge is 0.411 e. The van der Waals surface area contributed by atoms with Crippen LogP contribution in [0.1, 0.15) is 50.7 Å². The Balaban J connectivity index is 1.37. The van der Waals surface area contributed by atoms with Crippen molar-refractivity contribution in [2.45, 2.75) is 52.2 Å². The van der Waals surface area contributed by atoms with Crippen LogP contribution < -0.4 is 14.8 Å². The molecule has 2 aromatic rings. The normalized spacial score (nSPS) is 15.8. The molecule has 4 rings (SSSR count). The van der Waals surface area contributed by atoms with Crippen LogP contribution in [0.5, 0.6) is 11.5 Å². The number of nitrogens with one attached hydrogen (secondary N) is 1. The summed E-state index contributed by atoms with van der Waals surface area (Å²) in [6.45, 7) is 7.36. The van der Waals surface area contributed by atoms with Crippen LogP contribution in [-0.4, -0.2) is 72.2 Å². The summed E-state index contributed by atoms with van der Waals surface area (Å²) in [7, 11) is 1.64. The van der Waals surface area contributed by atoms with Crippen LogP contribution in [0.2, 0.25) is 0 Å². The predicted octanol–water partition coefficient (Wildman–Crippen LogP) is 5.98. The molecule has 2 amide bonds.